The van der Waals surface area contributed by atoms with E-state index >= 15 is 0 Å². The van der Waals surface area contributed by atoms with Crippen molar-refractivity contribution in [2.24, 2.45) is 0 Å². The van der Waals surface area contributed by atoms with Gasteiger partial charge in [0.2, 0.25) is 5.95 Å². The molecule has 0 aliphatic heterocycles. The number of aromatic nitrogens is 3. The van der Waals surface area contributed by atoms with Crippen molar-refractivity contribution in [2.75, 3.05) is 17.7 Å². The number of anilines is 3. The second-order valence-electron chi connectivity index (χ2n) is 4.22. The van der Waals surface area contributed by atoms with Gasteiger partial charge < -0.3 is 20.9 Å². The Kier molecular flexibility index (Phi) is 4.86. The summed E-state index contributed by atoms with van der Waals surface area (Å²) < 4.78 is 4.99. The minimum Gasteiger partial charge on any atom is -0.480 e. The van der Waals surface area contributed by atoms with Crippen LogP contribution >= 0.6 is 0 Å². The summed E-state index contributed by atoms with van der Waals surface area (Å²) in [4.78, 5) is 22.7. The number of pyridine rings is 1. The van der Waals surface area contributed by atoms with E-state index < -0.39 is 12.6 Å². The first kappa shape index (κ1) is 15.2. The minimum absolute atomic E-state index is 0.317. The molecule has 0 radical (unpaired) electrons. The average Bonchev–Trinajstić information content (AvgIpc) is 2.49. The van der Waals surface area contributed by atoms with Gasteiger partial charge in [0.25, 0.3) is 0 Å². The Balaban J connectivity index is 2.04. The molecular formula is C14H15N5O3. The number of nitrogens with one attached hydrogen (secondary N) is 1. The summed E-state index contributed by atoms with van der Waals surface area (Å²) in [5.74, 6) is 0.472. The normalized spacial score (nSPS) is 10.6. The fourth-order valence-electron chi connectivity index (χ4n) is 1.57. The second kappa shape index (κ2) is 7.02. The van der Waals surface area contributed by atoms with Crippen molar-refractivity contribution in [2.45, 2.75) is 6.92 Å². The molecule has 0 spiro atoms. The Morgan fingerprint density at radius 3 is 2.82 bits per heavy atom. The lowest BCUT2D eigenvalue weighted by Gasteiger charge is -2.07. The number of nitrogen functional groups attached to an aromatic ring is 1. The van der Waals surface area contributed by atoms with E-state index in [0.29, 0.717) is 23.3 Å². The highest BCUT2D eigenvalue weighted by atomic mass is 16.5. The van der Waals surface area contributed by atoms with Gasteiger partial charge in [0, 0.05) is 11.8 Å². The number of carboxylic acids is 1. The van der Waals surface area contributed by atoms with Crippen LogP contribution in [0.5, 0.6) is 5.75 Å². The fraction of sp³-hybridized carbons (Fsp3) is 0.143. The van der Waals surface area contributed by atoms with Gasteiger partial charge in [-0.25, -0.2) is 14.8 Å². The number of carbonyl (C=O) groups is 1. The summed E-state index contributed by atoms with van der Waals surface area (Å²) in [6.07, 6.45) is 6.67. The number of aliphatic carboxylic acids is 1. The molecule has 0 unspecified atom stereocenters. The van der Waals surface area contributed by atoms with Crippen LogP contribution in [-0.2, 0) is 4.79 Å². The molecule has 0 bridgehead atoms. The zero-order valence-electron chi connectivity index (χ0n) is 11.9. The molecule has 0 atom stereocenters. The minimum atomic E-state index is -1.05. The number of carboxylic acid groups (broad SMARTS) is 1. The molecular weight excluding hydrogens is 286 g/mol. The molecule has 2 aromatic rings. The molecule has 8 nitrogen and oxygen atoms in total. The van der Waals surface area contributed by atoms with E-state index in [4.69, 9.17) is 15.6 Å². The van der Waals surface area contributed by atoms with Crippen LogP contribution in [0.2, 0.25) is 0 Å². The van der Waals surface area contributed by atoms with Gasteiger partial charge in [-0.1, -0.05) is 12.2 Å². The van der Waals surface area contributed by atoms with E-state index in [9.17, 15) is 4.79 Å². The van der Waals surface area contributed by atoms with Crippen LogP contribution in [0.15, 0.2) is 30.6 Å². The summed E-state index contributed by atoms with van der Waals surface area (Å²) >= 11 is 0. The van der Waals surface area contributed by atoms with Crippen molar-refractivity contribution in [1.82, 2.24) is 15.0 Å². The first-order valence-corrected chi connectivity index (χ1v) is 6.41. The first-order valence-electron chi connectivity index (χ1n) is 6.41. The van der Waals surface area contributed by atoms with Crippen LogP contribution in [0.1, 0.15) is 12.5 Å². The van der Waals surface area contributed by atoms with Crippen LogP contribution in [0.3, 0.4) is 0 Å². The maximum atomic E-state index is 10.4. The van der Waals surface area contributed by atoms with Crippen LogP contribution in [0.25, 0.3) is 6.08 Å². The number of hydrogen-bond acceptors (Lipinski definition) is 7. The van der Waals surface area contributed by atoms with Crippen LogP contribution in [-0.4, -0.2) is 32.6 Å². The summed E-state index contributed by atoms with van der Waals surface area (Å²) in [5.41, 5.74) is 6.55. The molecule has 2 rings (SSSR count). The Hall–Kier alpha value is -3.16. The highest BCUT2D eigenvalue weighted by molar-refractivity contribution is 5.68. The van der Waals surface area contributed by atoms with Crippen LogP contribution in [0.4, 0.5) is 17.6 Å². The monoisotopic (exact) mass is 301 g/mol. The number of nitrogens with two attached hydrogens (primary N) is 1. The fourth-order valence-corrected chi connectivity index (χ4v) is 1.57. The van der Waals surface area contributed by atoms with E-state index in [1.165, 1.54) is 6.20 Å². The molecule has 8 heteroatoms. The molecule has 22 heavy (non-hydrogen) atoms. The highest BCUT2D eigenvalue weighted by Crippen LogP contribution is 2.17. The highest BCUT2D eigenvalue weighted by Gasteiger charge is 2.04. The van der Waals surface area contributed by atoms with Crippen molar-refractivity contribution >= 4 is 29.6 Å². The number of rotatable bonds is 6. The summed E-state index contributed by atoms with van der Waals surface area (Å²) in [5, 5.41) is 11.4. The van der Waals surface area contributed by atoms with Crippen molar-refractivity contribution in [3.05, 3.63) is 36.2 Å². The maximum Gasteiger partial charge on any atom is 0.341 e. The molecule has 0 saturated heterocycles. The van der Waals surface area contributed by atoms with E-state index in [2.05, 4.69) is 20.3 Å². The molecule has 0 aliphatic rings. The van der Waals surface area contributed by atoms with Crippen molar-refractivity contribution < 1.29 is 14.6 Å². The molecule has 0 aliphatic carbocycles. The number of allylic oxidation sites excluding steroid dienone is 1. The Morgan fingerprint density at radius 1 is 1.41 bits per heavy atom. The second-order valence-corrected chi connectivity index (χ2v) is 4.22. The van der Waals surface area contributed by atoms with E-state index in [0.717, 1.165) is 5.56 Å². The van der Waals surface area contributed by atoms with Crippen molar-refractivity contribution in [1.29, 1.82) is 0 Å². The molecule has 0 amide bonds. The lowest BCUT2D eigenvalue weighted by atomic mass is 10.3. The van der Waals surface area contributed by atoms with Gasteiger partial charge in [-0.2, -0.15) is 4.98 Å². The van der Waals surface area contributed by atoms with E-state index in [1.54, 1.807) is 18.3 Å². The lowest BCUT2D eigenvalue weighted by Crippen LogP contribution is -2.09. The molecule has 0 fully saturated rings. The average molecular weight is 301 g/mol. The number of ether oxygens (including phenoxy) is 1. The zero-order valence-corrected chi connectivity index (χ0v) is 11.9. The predicted octanol–water partition coefficient (Wildman–Crippen LogP) is 1.69. The molecule has 2 heterocycles. The SMILES string of the molecule is C/C=C\c1cnc(Nc2ccc(OCC(=O)O)cn2)nc1N. The molecule has 0 saturated carbocycles. The maximum absolute atomic E-state index is 10.4. The predicted molar refractivity (Wildman–Crippen MR) is 81.8 cm³/mol. The standard InChI is InChI=1S/C14H15N5O3/c1-2-3-9-6-17-14(19-13(9)15)18-11-5-4-10(7-16-11)22-8-12(20)21/h2-7H,8H2,1H3,(H,20,21)(H3,15,16,17,18,19)/b3-2-. The van der Waals surface area contributed by atoms with Crippen LogP contribution in [0, 0.1) is 0 Å². The van der Waals surface area contributed by atoms with Gasteiger partial charge in [0.05, 0.1) is 6.20 Å². The molecule has 0 aromatic carbocycles. The Labute approximate surface area is 126 Å². The first-order chi connectivity index (χ1) is 10.6. The third-order valence-electron chi connectivity index (χ3n) is 2.53. The third-order valence-corrected chi connectivity index (χ3v) is 2.53. The van der Waals surface area contributed by atoms with Gasteiger partial charge in [0.15, 0.2) is 6.61 Å². The van der Waals surface area contributed by atoms with Gasteiger partial charge in [-0.05, 0) is 19.1 Å². The molecule has 114 valence electrons. The quantitative estimate of drug-likeness (QED) is 0.736. The molecule has 2 aromatic heterocycles. The zero-order chi connectivity index (χ0) is 15.9. The largest absolute Gasteiger partial charge is 0.480 e. The Bertz CT molecular complexity index is 685. The Morgan fingerprint density at radius 2 is 2.23 bits per heavy atom. The van der Waals surface area contributed by atoms with Crippen molar-refractivity contribution in [3.63, 3.8) is 0 Å². The lowest BCUT2D eigenvalue weighted by molar-refractivity contribution is -0.139. The summed E-state index contributed by atoms with van der Waals surface area (Å²) in [6, 6.07) is 3.21. The van der Waals surface area contributed by atoms with E-state index in [-0.39, 0.29) is 0 Å². The van der Waals surface area contributed by atoms with E-state index in [1.807, 2.05) is 19.1 Å². The topological polar surface area (TPSA) is 123 Å². The molecule has 4 N–H and O–H groups in total. The van der Waals surface area contributed by atoms with Crippen molar-refractivity contribution in [3.8, 4) is 5.75 Å². The number of nitrogens with zero attached hydrogens (tertiary/aromatic N) is 3. The van der Waals surface area contributed by atoms with Gasteiger partial charge in [0.1, 0.15) is 17.4 Å². The third kappa shape index (κ3) is 4.17. The summed E-state index contributed by atoms with van der Waals surface area (Å²) in [7, 11) is 0. The van der Waals surface area contributed by atoms with Crippen LogP contribution < -0.4 is 15.8 Å². The van der Waals surface area contributed by atoms with Gasteiger partial charge in [-0.3, -0.25) is 0 Å². The van der Waals surface area contributed by atoms with Gasteiger partial charge >= 0.3 is 5.97 Å². The summed E-state index contributed by atoms with van der Waals surface area (Å²) in [6.45, 7) is 1.46. The smallest absolute Gasteiger partial charge is 0.341 e. The number of hydrogen-bond donors (Lipinski definition) is 3. The van der Waals surface area contributed by atoms with Gasteiger partial charge in [-0.15, -0.1) is 0 Å².